The van der Waals surface area contributed by atoms with E-state index in [1.165, 1.54) is 0 Å². The summed E-state index contributed by atoms with van der Waals surface area (Å²) in [4.78, 5) is 0. The van der Waals surface area contributed by atoms with Crippen molar-refractivity contribution in [3.05, 3.63) is 0 Å². The van der Waals surface area contributed by atoms with Crippen molar-refractivity contribution in [1.29, 1.82) is 0 Å². The Bertz CT molecular complexity index is 111. The number of tetrazole rings is 1. The summed E-state index contributed by atoms with van der Waals surface area (Å²) in [5.74, 6) is 0. The molecule has 5 heteroatoms. The van der Waals surface area contributed by atoms with E-state index in [9.17, 15) is 0 Å². The summed E-state index contributed by atoms with van der Waals surface area (Å²) in [5, 5.41) is 12.5. The van der Waals surface area contributed by atoms with Gasteiger partial charge in [0.25, 0.3) is 0 Å². The summed E-state index contributed by atoms with van der Waals surface area (Å²) < 4.78 is 0.683. The first kappa shape index (κ1) is 3.77. The van der Waals surface area contributed by atoms with Gasteiger partial charge < -0.3 is 0 Å². The molecule has 0 aliphatic heterocycles. The molecular formula is CH2N4Se. The number of rotatable bonds is 0. The Labute approximate surface area is 42.1 Å². The van der Waals surface area contributed by atoms with Crippen LogP contribution in [-0.4, -0.2) is 36.6 Å². The normalized spacial score (nSPS) is 8.83. The summed E-state index contributed by atoms with van der Waals surface area (Å²) in [6.45, 7) is 0. The second-order valence-electron chi connectivity index (χ2n) is 0.725. The van der Waals surface area contributed by atoms with E-state index in [0.29, 0.717) is 4.72 Å². The van der Waals surface area contributed by atoms with E-state index in [0.717, 1.165) is 0 Å². The van der Waals surface area contributed by atoms with E-state index in [4.69, 9.17) is 0 Å². The van der Waals surface area contributed by atoms with Crippen LogP contribution in [0.25, 0.3) is 0 Å². The fourth-order valence-corrected chi connectivity index (χ4v) is 0.332. The average Bonchev–Trinajstić information content (AvgIpc) is 1.86. The van der Waals surface area contributed by atoms with Gasteiger partial charge in [0, 0.05) is 0 Å². The van der Waals surface area contributed by atoms with Gasteiger partial charge in [0.1, 0.15) is 0 Å². The Morgan fingerprint density at radius 3 is 2.67 bits per heavy atom. The quantitative estimate of drug-likeness (QED) is 0.423. The predicted octanol–water partition coefficient (Wildman–Crippen LogP) is -2.27. The molecule has 6 heavy (non-hydrogen) atoms. The van der Waals surface area contributed by atoms with E-state index in [-0.39, 0.29) is 0 Å². The Kier molecular flexibility index (Phi) is 0.855. The van der Waals surface area contributed by atoms with Crippen molar-refractivity contribution in [2.45, 2.75) is 0 Å². The molecule has 1 heterocycles. The van der Waals surface area contributed by atoms with Gasteiger partial charge in [-0.2, -0.15) is 0 Å². The monoisotopic (exact) mass is 150 g/mol. The van der Waals surface area contributed by atoms with Gasteiger partial charge in [-0.25, -0.2) is 0 Å². The summed E-state index contributed by atoms with van der Waals surface area (Å²) >= 11 is 2.19. The van der Waals surface area contributed by atoms with Crippen molar-refractivity contribution >= 4 is 20.7 Å². The number of nitrogens with zero attached hydrogens (tertiary/aromatic N) is 3. The summed E-state index contributed by atoms with van der Waals surface area (Å²) in [5.41, 5.74) is 0. The number of H-pyrrole nitrogens is 1. The third-order valence-electron chi connectivity index (χ3n) is 0.334. The molecule has 0 saturated carbocycles. The van der Waals surface area contributed by atoms with Crippen LogP contribution in [0.5, 0.6) is 0 Å². The molecule has 1 aromatic heterocycles. The third kappa shape index (κ3) is 0.554. The van der Waals surface area contributed by atoms with Crippen molar-refractivity contribution < 1.29 is 0 Å². The summed E-state index contributed by atoms with van der Waals surface area (Å²) in [7, 11) is 0. The first-order chi connectivity index (χ1) is 2.89. The van der Waals surface area contributed by atoms with Crippen LogP contribution in [0.4, 0.5) is 0 Å². The van der Waals surface area contributed by atoms with Gasteiger partial charge in [-0.15, -0.1) is 0 Å². The van der Waals surface area contributed by atoms with Crippen molar-refractivity contribution in [3.63, 3.8) is 0 Å². The molecule has 0 radical (unpaired) electrons. The third-order valence-corrected chi connectivity index (χ3v) is 0.732. The second kappa shape index (κ2) is 1.36. The van der Waals surface area contributed by atoms with E-state index in [1.54, 1.807) is 0 Å². The molecule has 0 bridgehead atoms. The molecule has 0 aromatic carbocycles. The van der Waals surface area contributed by atoms with Crippen LogP contribution in [0, 0.1) is 0 Å². The van der Waals surface area contributed by atoms with Gasteiger partial charge in [-0.1, -0.05) is 0 Å². The first-order valence-electron chi connectivity index (χ1n) is 1.32. The van der Waals surface area contributed by atoms with E-state index < -0.39 is 0 Å². The second-order valence-corrected chi connectivity index (χ2v) is 1.61. The van der Waals surface area contributed by atoms with Crippen LogP contribution < -0.4 is 4.72 Å². The number of nitrogens with one attached hydrogen (secondary N) is 1. The van der Waals surface area contributed by atoms with Gasteiger partial charge in [-0.3, -0.25) is 0 Å². The fraction of sp³-hybridized carbons (Fsp3) is 0. The number of aromatic nitrogens is 4. The Morgan fingerprint density at radius 1 is 1.67 bits per heavy atom. The molecule has 32 valence electrons. The number of aromatic amines is 1. The molecule has 0 fully saturated rings. The van der Waals surface area contributed by atoms with Crippen LogP contribution in [-0.2, 0) is 0 Å². The Hall–Kier alpha value is -0.411. The molecular weight excluding hydrogens is 147 g/mol. The molecule has 0 spiro atoms. The van der Waals surface area contributed by atoms with E-state index >= 15 is 0 Å². The van der Waals surface area contributed by atoms with Crippen LogP contribution in [0.3, 0.4) is 0 Å². The first-order valence-corrected chi connectivity index (χ1v) is 2.26. The minimum absolute atomic E-state index is 0.683. The van der Waals surface area contributed by atoms with Crippen LogP contribution >= 0.6 is 0 Å². The van der Waals surface area contributed by atoms with Crippen molar-refractivity contribution in [2.24, 2.45) is 0 Å². The molecule has 0 saturated heterocycles. The van der Waals surface area contributed by atoms with Crippen molar-refractivity contribution in [3.8, 4) is 0 Å². The minimum atomic E-state index is 0.683. The topological polar surface area (TPSA) is 54.5 Å². The summed E-state index contributed by atoms with van der Waals surface area (Å²) in [6.07, 6.45) is 0. The van der Waals surface area contributed by atoms with Crippen molar-refractivity contribution in [2.75, 3.05) is 0 Å². The standard InChI is InChI=1S/CH2N4Se/c6-1-2-4-5-3-1/h(H2,2,3,4,5,6). The fourth-order valence-electron chi connectivity index (χ4n) is 0.154. The van der Waals surface area contributed by atoms with Crippen LogP contribution in [0.15, 0.2) is 0 Å². The van der Waals surface area contributed by atoms with Crippen LogP contribution in [0.2, 0.25) is 0 Å². The molecule has 4 nitrogen and oxygen atoms in total. The molecule has 0 aliphatic carbocycles. The SMILES string of the molecule is [SeH]c1nnn[nH]1. The molecule has 1 N–H and O–H groups in total. The predicted molar refractivity (Wildman–Crippen MR) is 21.0 cm³/mol. The number of hydrogen-bond donors (Lipinski definition) is 1. The van der Waals surface area contributed by atoms with E-state index in [1.807, 2.05) is 0 Å². The molecule has 0 atom stereocenters. The summed E-state index contributed by atoms with van der Waals surface area (Å²) in [6, 6.07) is 0. The maximum absolute atomic E-state index is 3.47. The van der Waals surface area contributed by atoms with Crippen molar-refractivity contribution in [1.82, 2.24) is 20.6 Å². The average molecular weight is 149 g/mol. The maximum atomic E-state index is 3.47. The van der Waals surface area contributed by atoms with Gasteiger partial charge in [0.15, 0.2) is 0 Å². The molecule has 1 aromatic rings. The Morgan fingerprint density at radius 2 is 2.50 bits per heavy atom. The van der Waals surface area contributed by atoms with Gasteiger partial charge in [-0.05, 0) is 0 Å². The molecule has 0 amide bonds. The number of hydrogen-bond acceptors (Lipinski definition) is 3. The van der Waals surface area contributed by atoms with Gasteiger partial charge in [0.05, 0.1) is 0 Å². The van der Waals surface area contributed by atoms with E-state index in [2.05, 4.69) is 36.6 Å². The molecule has 1 rings (SSSR count). The Balaban J connectivity index is 3.05. The van der Waals surface area contributed by atoms with Gasteiger partial charge in [0.2, 0.25) is 0 Å². The molecule has 0 unspecified atom stereocenters. The van der Waals surface area contributed by atoms with Gasteiger partial charge >= 0.3 is 41.4 Å². The zero-order valence-electron chi connectivity index (χ0n) is 2.79. The molecule has 0 aliphatic rings. The zero-order chi connectivity index (χ0) is 4.41. The van der Waals surface area contributed by atoms with Crippen LogP contribution in [0.1, 0.15) is 0 Å². The zero-order valence-corrected chi connectivity index (χ0v) is 4.67.